The maximum absolute atomic E-state index is 8.89. The Balaban J connectivity index is 1.93. The third-order valence-corrected chi connectivity index (χ3v) is 3.50. The van der Waals surface area contributed by atoms with Crippen LogP contribution in [0.1, 0.15) is 6.92 Å². The van der Waals surface area contributed by atoms with Crippen molar-refractivity contribution in [2.24, 2.45) is 0 Å². The van der Waals surface area contributed by atoms with Gasteiger partial charge in [0.25, 0.3) is 0 Å². The molecule has 1 rings (SSSR count). The quantitative estimate of drug-likeness (QED) is 0.534. The second kappa shape index (κ2) is 11.0. The molecule has 0 aromatic heterocycles. The summed E-state index contributed by atoms with van der Waals surface area (Å²) < 4.78 is 15.7. The Bertz CT molecular complexity index is 275. The van der Waals surface area contributed by atoms with Crippen LogP contribution in [0.25, 0.3) is 0 Å². The third kappa shape index (κ3) is 7.17. The van der Waals surface area contributed by atoms with Crippen LogP contribution in [0.5, 0.6) is 0 Å². The first-order chi connectivity index (χ1) is 9.77. The van der Waals surface area contributed by atoms with Crippen LogP contribution in [-0.2, 0) is 14.2 Å². The zero-order valence-electron chi connectivity index (χ0n) is 12.7. The zero-order valence-corrected chi connectivity index (χ0v) is 12.7. The van der Waals surface area contributed by atoms with Crippen LogP contribution in [0.2, 0.25) is 0 Å². The van der Waals surface area contributed by atoms with Crippen LogP contribution in [0, 0.1) is 11.3 Å². The van der Waals surface area contributed by atoms with Crippen molar-refractivity contribution in [1.29, 1.82) is 5.26 Å². The van der Waals surface area contributed by atoms with E-state index in [0.29, 0.717) is 26.4 Å². The van der Waals surface area contributed by atoms with Gasteiger partial charge in [-0.05, 0) is 6.92 Å². The molecule has 1 saturated heterocycles. The summed E-state index contributed by atoms with van der Waals surface area (Å²) in [6.07, 6.45) is 0. The van der Waals surface area contributed by atoms with Crippen molar-refractivity contribution in [2.45, 2.75) is 13.0 Å². The van der Waals surface area contributed by atoms with E-state index < -0.39 is 0 Å². The first kappa shape index (κ1) is 17.3. The lowest BCUT2D eigenvalue weighted by Crippen LogP contribution is -2.49. The smallest absolute Gasteiger partial charge is 0.0950 e. The highest BCUT2D eigenvalue weighted by Crippen LogP contribution is 2.05. The predicted octanol–water partition coefficient (Wildman–Crippen LogP) is 0.196. The van der Waals surface area contributed by atoms with Crippen LogP contribution >= 0.6 is 0 Å². The van der Waals surface area contributed by atoms with E-state index in [1.54, 1.807) is 7.11 Å². The Hall–Kier alpha value is -0.710. The van der Waals surface area contributed by atoms with Gasteiger partial charge in [0.15, 0.2) is 0 Å². The Labute approximate surface area is 122 Å². The summed E-state index contributed by atoms with van der Waals surface area (Å²) in [5, 5.41) is 8.89. The third-order valence-electron chi connectivity index (χ3n) is 3.50. The highest BCUT2D eigenvalue weighted by molar-refractivity contribution is 4.90. The van der Waals surface area contributed by atoms with E-state index in [4.69, 9.17) is 19.5 Å². The normalized spacial score (nSPS) is 18.9. The molecule has 6 nitrogen and oxygen atoms in total. The van der Waals surface area contributed by atoms with Crippen LogP contribution in [0.3, 0.4) is 0 Å². The van der Waals surface area contributed by atoms with Gasteiger partial charge in [-0.3, -0.25) is 9.80 Å². The molecule has 1 atom stereocenters. The number of ether oxygens (including phenoxy) is 3. The summed E-state index contributed by atoms with van der Waals surface area (Å²) >= 11 is 0. The van der Waals surface area contributed by atoms with E-state index in [0.717, 1.165) is 39.3 Å². The van der Waals surface area contributed by atoms with Crippen LogP contribution in [0.15, 0.2) is 0 Å². The molecule has 0 radical (unpaired) electrons. The van der Waals surface area contributed by atoms with Crippen molar-refractivity contribution in [1.82, 2.24) is 9.80 Å². The second-order valence-corrected chi connectivity index (χ2v) is 4.90. The molecule has 0 aromatic rings. The van der Waals surface area contributed by atoms with Gasteiger partial charge in [-0.2, -0.15) is 5.26 Å². The fourth-order valence-electron chi connectivity index (χ4n) is 2.11. The Morgan fingerprint density at radius 2 is 1.60 bits per heavy atom. The Morgan fingerprint density at radius 3 is 2.20 bits per heavy atom. The number of nitrogens with zero attached hydrogens (tertiary/aromatic N) is 3. The SMILES string of the molecule is COCCOCCOCCN1CCN(C(C)C#N)CC1. The van der Waals surface area contributed by atoms with Crippen LogP contribution in [-0.4, -0.2) is 88.7 Å². The Kier molecular flexibility index (Phi) is 9.54. The maximum atomic E-state index is 8.89. The van der Waals surface area contributed by atoms with Crippen LogP contribution in [0.4, 0.5) is 0 Å². The largest absolute Gasteiger partial charge is 0.382 e. The molecule has 0 aliphatic carbocycles. The average molecular weight is 285 g/mol. The van der Waals surface area contributed by atoms with Gasteiger partial charge in [-0.25, -0.2) is 0 Å². The van der Waals surface area contributed by atoms with Gasteiger partial charge in [0.1, 0.15) is 0 Å². The number of nitriles is 1. The summed E-state index contributed by atoms with van der Waals surface area (Å²) in [7, 11) is 1.66. The van der Waals surface area contributed by atoms with E-state index in [1.807, 2.05) is 6.92 Å². The highest BCUT2D eigenvalue weighted by atomic mass is 16.5. The molecule has 0 aromatic carbocycles. The summed E-state index contributed by atoms with van der Waals surface area (Å²) in [6.45, 7) is 10.1. The number of piperazine rings is 1. The fraction of sp³-hybridized carbons (Fsp3) is 0.929. The number of rotatable bonds is 10. The number of methoxy groups -OCH3 is 1. The minimum Gasteiger partial charge on any atom is -0.382 e. The summed E-state index contributed by atoms with van der Waals surface area (Å²) in [6, 6.07) is 2.32. The van der Waals surface area contributed by atoms with Crippen molar-refractivity contribution < 1.29 is 14.2 Å². The molecule has 0 spiro atoms. The molecule has 6 heteroatoms. The van der Waals surface area contributed by atoms with Crippen molar-refractivity contribution >= 4 is 0 Å². The van der Waals surface area contributed by atoms with Gasteiger partial charge in [0.05, 0.1) is 45.1 Å². The van der Waals surface area contributed by atoms with Gasteiger partial charge in [-0.15, -0.1) is 0 Å². The molecule has 0 N–H and O–H groups in total. The number of hydrogen-bond donors (Lipinski definition) is 0. The van der Waals surface area contributed by atoms with Gasteiger partial charge in [0.2, 0.25) is 0 Å². The molecule has 1 unspecified atom stereocenters. The van der Waals surface area contributed by atoms with Crippen molar-refractivity contribution in [3.8, 4) is 6.07 Å². The standard InChI is InChI=1S/C14H27N3O3/c1-14(13-15)17-5-3-16(4-6-17)7-8-19-11-12-20-10-9-18-2/h14H,3-12H2,1-2H3. The predicted molar refractivity (Wildman–Crippen MR) is 76.6 cm³/mol. The lowest BCUT2D eigenvalue weighted by atomic mass is 10.2. The number of hydrogen-bond acceptors (Lipinski definition) is 6. The monoisotopic (exact) mass is 285 g/mol. The molecular formula is C14H27N3O3. The molecule has 1 aliphatic rings. The van der Waals surface area contributed by atoms with Crippen molar-refractivity contribution in [3.05, 3.63) is 0 Å². The fourth-order valence-corrected chi connectivity index (χ4v) is 2.11. The molecule has 1 heterocycles. The van der Waals surface area contributed by atoms with E-state index in [9.17, 15) is 0 Å². The molecule has 20 heavy (non-hydrogen) atoms. The lowest BCUT2D eigenvalue weighted by molar-refractivity contribution is 0.0152. The molecule has 116 valence electrons. The Morgan fingerprint density at radius 1 is 1.00 bits per heavy atom. The second-order valence-electron chi connectivity index (χ2n) is 4.90. The van der Waals surface area contributed by atoms with E-state index in [-0.39, 0.29) is 6.04 Å². The first-order valence-electron chi connectivity index (χ1n) is 7.28. The molecule has 0 saturated carbocycles. The summed E-state index contributed by atoms with van der Waals surface area (Å²) in [4.78, 5) is 4.60. The van der Waals surface area contributed by atoms with Gasteiger partial charge >= 0.3 is 0 Å². The average Bonchev–Trinajstić information content (AvgIpc) is 2.50. The first-order valence-corrected chi connectivity index (χ1v) is 7.28. The summed E-state index contributed by atoms with van der Waals surface area (Å²) in [5.41, 5.74) is 0. The van der Waals surface area contributed by atoms with Gasteiger partial charge in [-0.1, -0.05) is 0 Å². The van der Waals surface area contributed by atoms with E-state index in [1.165, 1.54) is 0 Å². The highest BCUT2D eigenvalue weighted by Gasteiger charge is 2.20. The molecule has 1 aliphatic heterocycles. The minimum atomic E-state index is 0.0256. The zero-order chi connectivity index (χ0) is 14.6. The van der Waals surface area contributed by atoms with Crippen LogP contribution < -0.4 is 0 Å². The van der Waals surface area contributed by atoms with Crippen molar-refractivity contribution in [3.63, 3.8) is 0 Å². The molecule has 1 fully saturated rings. The van der Waals surface area contributed by atoms with E-state index >= 15 is 0 Å². The van der Waals surface area contributed by atoms with Crippen molar-refractivity contribution in [2.75, 3.05) is 72.9 Å². The summed E-state index contributed by atoms with van der Waals surface area (Å²) in [5.74, 6) is 0. The maximum Gasteiger partial charge on any atom is 0.0950 e. The van der Waals surface area contributed by atoms with E-state index in [2.05, 4.69) is 15.9 Å². The molecule has 0 bridgehead atoms. The van der Waals surface area contributed by atoms with Gasteiger partial charge < -0.3 is 14.2 Å². The molecular weight excluding hydrogens is 258 g/mol. The topological polar surface area (TPSA) is 58.0 Å². The van der Waals surface area contributed by atoms with Gasteiger partial charge in [0, 0.05) is 39.8 Å². The molecule has 0 amide bonds. The lowest BCUT2D eigenvalue weighted by Gasteiger charge is -2.35. The minimum absolute atomic E-state index is 0.0256.